The van der Waals surface area contributed by atoms with Crippen LogP contribution >= 0.6 is 0 Å². The summed E-state index contributed by atoms with van der Waals surface area (Å²) in [4.78, 5) is 4.43. The number of nitrogens with one attached hydrogen (secondary N) is 1. The van der Waals surface area contributed by atoms with E-state index < -0.39 is 0 Å². The third kappa shape index (κ3) is 2.97. The van der Waals surface area contributed by atoms with Crippen LogP contribution in [0.3, 0.4) is 0 Å². The van der Waals surface area contributed by atoms with Crippen molar-refractivity contribution >= 4 is 5.95 Å². The molecule has 0 saturated heterocycles. The zero-order valence-corrected chi connectivity index (χ0v) is 12.3. The predicted octanol–water partition coefficient (Wildman–Crippen LogP) is 4.35. The van der Waals surface area contributed by atoms with Gasteiger partial charge in [0.25, 0.3) is 0 Å². The Hall–Kier alpha value is -2.55. The lowest BCUT2D eigenvalue weighted by molar-refractivity contribution is 0.850. The smallest absolute Gasteiger partial charge is 0.207 e. The molecule has 0 aliphatic rings. The highest BCUT2D eigenvalue weighted by molar-refractivity contribution is 5.43. The molecule has 0 radical (unpaired) electrons. The van der Waals surface area contributed by atoms with E-state index in [0.717, 1.165) is 11.6 Å². The van der Waals surface area contributed by atoms with E-state index in [-0.39, 0.29) is 6.04 Å². The standard InChI is InChI=1S/C18H19N3/c1-14-8-10-16(11-9-14)15(2)20-18-19-12-13-21(18)17-6-4-3-5-7-17/h3-13,15H,1-2H3,(H,19,20). The molecule has 21 heavy (non-hydrogen) atoms. The van der Waals surface area contributed by atoms with Crippen molar-refractivity contribution in [3.63, 3.8) is 0 Å². The molecular formula is C18H19N3. The van der Waals surface area contributed by atoms with E-state index in [4.69, 9.17) is 0 Å². The van der Waals surface area contributed by atoms with Crippen LogP contribution in [0.15, 0.2) is 67.0 Å². The number of imidazole rings is 1. The molecule has 3 rings (SSSR count). The number of para-hydroxylation sites is 1. The van der Waals surface area contributed by atoms with Crippen molar-refractivity contribution in [1.29, 1.82) is 0 Å². The molecule has 2 aromatic carbocycles. The van der Waals surface area contributed by atoms with Gasteiger partial charge in [0.1, 0.15) is 0 Å². The minimum Gasteiger partial charge on any atom is -0.349 e. The van der Waals surface area contributed by atoms with E-state index in [9.17, 15) is 0 Å². The van der Waals surface area contributed by atoms with Gasteiger partial charge >= 0.3 is 0 Å². The summed E-state index contributed by atoms with van der Waals surface area (Å²) < 4.78 is 2.06. The van der Waals surface area contributed by atoms with Crippen LogP contribution in [0.1, 0.15) is 24.1 Å². The first-order chi connectivity index (χ1) is 10.2. The van der Waals surface area contributed by atoms with Gasteiger partial charge in [-0.1, -0.05) is 48.0 Å². The summed E-state index contributed by atoms with van der Waals surface area (Å²) in [5.41, 5.74) is 3.63. The Balaban J connectivity index is 1.83. The monoisotopic (exact) mass is 277 g/mol. The SMILES string of the molecule is Cc1ccc(C(C)Nc2nccn2-c2ccccc2)cc1. The number of hydrogen-bond acceptors (Lipinski definition) is 2. The van der Waals surface area contributed by atoms with Crippen LogP contribution in [0, 0.1) is 6.92 Å². The molecule has 3 heteroatoms. The summed E-state index contributed by atoms with van der Waals surface area (Å²) in [6, 6.07) is 19.0. The van der Waals surface area contributed by atoms with E-state index in [0.29, 0.717) is 0 Å². The quantitative estimate of drug-likeness (QED) is 0.768. The third-order valence-electron chi connectivity index (χ3n) is 3.60. The maximum absolute atomic E-state index is 4.43. The summed E-state index contributed by atoms with van der Waals surface area (Å²) >= 11 is 0. The van der Waals surface area contributed by atoms with Crippen LogP contribution in [0.2, 0.25) is 0 Å². The van der Waals surface area contributed by atoms with Crippen LogP contribution in [0.5, 0.6) is 0 Å². The van der Waals surface area contributed by atoms with Crippen molar-refractivity contribution in [3.05, 3.63) is 78.1 Å². The molecule has 3 nitrogen and oxygen atoms in total. The number of benzene rings is 2. The molecule has 0 bridgehead atoms. The molecule has 1 unspecified atom stereocenters. The van der Waals surface area contributed by atoms with Gasteiger partial charge in [0, 0.05) is 18.1 Å². The van der Waals surface area contributed by atoms with Gasteiger partial charge in [0.05, 0.1) is 6.04 Å². The second kappa shape index (κ2) is 5.83. The molecule has 1 aromatic heterocycles. The van der Waals surface area contributed by atoms with Crippen LogP contribution < -0.4 is 5.32 Å². The average Bonchev–Trinajstić information content (AvgIpc) is 2.97. The Morgan fingerprint density at radius 1 is 1.00 bits per heavy atom. The molecule has 0 saturated carbocycles. The van der Waals surface area contributed by atoms with Gasteiger partial charge in [-0.25, -0.2) is 4.98 Å². The Morgan fingerprint density at radius 2 is 1.71 bits per heavy atom. The zero-order chi connectivity index (χ0) is 14.7. The summed E-state index contributed by atoms with van der Waals surface area (Å²) in [6.45, 7) is 4.25. The van der Waals surface area contributed by atoms with Gasteiger partial charge in [-0.2, -0.15) is 0 Å². The van der Waals surface area contributed by atoms with Crippen molar-refractivity contribution in [1.82, 2.24) is 9.55 Å². The lowest BCUT2D eigenvalue weighted by Gasteiger charge is -2.16. The fourth-order valence-corrected chi connectivity index (χ4v) is 2.34. The number of nitrogens with zero attached hydrogens (tertiary/aromatic N) is 2. The van der Waals surface area contributed by atoms with Gasteiger partial charge in [-0.15, -0.1) is 0 Å². The van der Waals surface area contributed by atoms with Crippen LogP contribution in [-0.2, 0) is 0 Å². The van der Waals surface area contributed by atoms with Gasteiger partial charge in [-0.3, -0.25) is 4.57 Å². The molecule has 0 spiro atoms. The number of hydrogen-bond donors (Lipinski definition) is 1. The number of aryl methyl sites for hydroxylation is 1. The van der Waals surface area contributed by atoms with Gasteiger partial charge in [-0.05, 0) is 31.5 Å². The topological polar surface area (TPSA) is 29.9 Å². The molecule has 1 N–H and O–H groups in total. The zero-order valence-electron chi connectivity index (χ0n) is 12.3. The van der Waals surface area contributed by atoms with Gasteiger partial charge in [0.2, 0.25) is 5.95 Å². The highest BCUT2D eigenvalue weighted by atomic mass is 15.2. The average molecular weight is 277 g/mol. The molecule has 0 aliphatic heterocycles. The molecule has 0 amide bonds. The first-order valence-corrected chi connectivity index (χ1v) is 7.16. The summed E-state index contributed by atoms with van der Waals surface area (Å²) in [6.07, 6.45) is 3.79. The lowest BCUT2D eigenvalue weighted by Crippen LogP contribution is -2.11. The molecule has 3 aromatic rings. The van der Waals surface area contributed by atoms with Crippen molar-refractivity contribution in [3.8, 4) is 5.69 Å². The van der Waals surface area contributed by atoms with Crippen molar-refractivity contribution in [2.24, 2.45) is 0 Å². The normalized spacial score (nSPS) is 12.1. The fourth-order valence-electron chi connectivity index (χ4n) is 2.34. The lowest BCUT2D eigenvalue weighted by atomic mass is 10.1. The minimum atomic E-state index is 0.204. The van der Waals surface area contributed by atoms with Crippen LogP contribution in [-0.4, -0.2) is 9.55 Å². The number of rotatable bonds is 4. The summed E-state index contributed by atoms with van der Waals surface area (Å²) in [5.74, 6) is 0.856. The maximum Gasteiger partial charge on any atom is 0.207 e. The Morgan fingerprint density at radius 3 is 2.43 bits per heavy atom. The molecular weight excluding hydrogens is 258 g/mol. The Kier molecular flexibility index (Phi) is 3.73. The molecule has 1 heterocycles. The molecule has 106 valence electrons. The Labute approximate surface area is 125 Å². The van der Waals surface area contributed by atoms with Crippen molar-refractivity contribution in [2.45, 2.75) is 19.9 Å². The van der Waals surface area contributed by atoms with Gasteiger partial charge in [0.15, 0.2) is 0 Å². The second-order valence-electron chi connectivity index (χ2n) is 5.23. The first-order valence-electron chi connectivity index (χ1n) is 7.16. The van der Waals surface area contributed by atoms with Gasteiger partial charge < -0.3 is 5.32 Å². The minimum absolute atomic E-state index is 0.204. The number of aromatic nitrogens is 2. The fraction of sp³-hybridized carbons (Fsp3) is 0.167. The van der Waals surface area contributed by atoms with Crippen molar-refractivity contribution < 1.29 is 0 Å². The number of anilines is 1. The first kappa shape index (κ1) is 13.4. The maximum atomic E-state index is 4.43. The molecule has 0 aliphatic carbocycles. The largest absolute Gasteiger partial charge is 0.349 e. The van der Waals surface area contributed by atoms with E-state index >= 15 is 0 Å². The van der Waals surface area contributed by atoms with E-state index in [1.165, 1.54) is 11.1 Å². The third-order valence-corrected chi connectivity index (χ3v) is 3.60. The molecule has 0 fully saturated rings. The van der Waals surface area contributed by atoms with E-state index in [1.807, 2.05) is 30.6 Å². The van der Waals surface area contributed by atoms with E-state index in [1.54, 1.807) is 0 Å². The summed E-state index contributed by atoms with van der Waals surface area (Å²) in [7, 11) is 0. The predicted molar refractivity (Wildman–Crippen MR) is 86.8 cm³/mol. The highest BCUT2D eigenvalue weighted by Crippen LogP contribution is 2.21. The van der Waals surface area contributed by atoms with E-state index in [2.05, 4.69) is 65.1 Å². The highest BCUT2D eigenvalue weighted by Gasteiger charge is 2.09. The second-order valence-corrected chi connectivity index (χ2v) is 5.23. The van der Waals surface area contributed by atoms with Crippen molar-refractivity contribution in [2.75, 3.05) is 5.32 Å². The van der Waals surface area contributed by atoms with Crippen LogP contribution in [0.25, 0.3) is 5.69 Å². The summed E-state index contributed by atoms with van der Waals surface area (Å²) in [5, 5.41) is 3.48. The molecule has 1 atom stereocenters. The van der Waals surface area contributed by atoms with Crippen LogP contribution in [0.4, 0.5) is 5.95 Å². The Bertz CT molecular complexity index is 699.